The molecule has 2 rings (SSSR count). The summed E-state index contributed by atoms with van der Waals surface area (Å²) in [5, 5.41) is 0. The number of halogens is 1. The Labute approximate surface area is 112 Å². The maximum Gasteiger partial charge on any atom is 0.131 e. The Morgan fingerprint density at radius 2 is 2.32 bits per heavy atom. The number of nitrogens with zero attached hydrogens (tertiary/aromatic N) is 2. The van der Waals surface area contributed by atoms with E-state index in [-0.39, 0.29) is 11.9 Å². The Hall–Kier alpha value is -1.88. The van der Waals surface area contributed by atoms with Crippen molar-refractivity contribution in [1.29, 1.82) is 0 Å². The van der Waals surface area contributed by atoms with Crippen LogP contribution in [0.1, 0.15) is 24.9 Å². The molecule has 0 aliphatic rings. The van der Waals surface area contributed by atoms with Gasteiger partial charge in [-0.25, -0.2) is 9.37 Å². The fourth-order valence-electron chi connectivity index (χ4n) is 1.82. The van der Waals surface area contributed by atoms with Crippen LogP contribution < -0.4 is 10.5 Å². The van der Waals surface area contributed by atoms with Crippen LogP contribution in [-0.2, 0) is 6.54 Å². The second-order valence-corrected chi connectivity index (χ2v) is 4.47. The van der Waals surface area contributed by atoms with E-state index in [4.69, 9.17) is 10.5 Å². The monoisotopic (exact) mass is 263 g/mol. The number of aryl methyl sites for hydroxylation is 1. The molecule has 0 saturated heterocycles. The number of hydrogen-bond donors (Lipinski definition) is 1. The first-order chi connectivity index (χ1) is 9.16. The Kier molecular flexibility index (Phi) is 4.52. The second kappa shape index (κ2) is 6.33. The largest absolute Gasteiger partial charge is 0.493 e. The summed E-state index contributed by atoms with van der Waals surface area (Å²) >= 11 is 0. The van der Waals surface area contributed by atoms with Crippen LogP contribution >= 0.6 is 0 Å². The van der Waals surface area contributed by atoms with Crippen LogP contribution in [-0.4, -0.2) is 16.2 Å². The average molecular weight is 263 g/mol. The fraction of sp³-hybridized carbons (Fsp3) is 0.357. The predicted octanol–water partition coefficient (Wildman–Crippen LogP) is 2.51. The Morgan fingerprint density at radius 1 is 1.47 bits per heavy atom. The zero-order valence-electron chi connectivity index (χ0n) is 10.9. The van der Waals surface area contributed by atoms with Gasteiger partial charge < -0.3 is 15.0 Å². The second-order valence-electron chi connectivity index (χ2n) is 4.47. The molecule has 4 nitrogen and oxygen atoms in total. The fourth-order valence-corrected chi connectivity index (χ4v) is 1.82. The van der Waals surface area contributed by atoms with E-state index in [1.54, 1.807) is 31.6 Å². The lowest BCUT2D eigenvalue weighted by Crippen LogP contribution is -2.08. The molecule has 2 aromatic rings. The predicted molar refractivity (Wildman–Crippen MR) is 71.3 cm³/mol. The van der Waals surface area contributed by atoms with Gasteiger partial charge in [0, 0.05) is 36.6 Å². The first-order valence-corrected chi connectivity index (χ1v) is 6.30. The number of imidazole rings is 1. The molecule has 0 amide bonds. The van der Waals surface area contributed by atoms with E-state index in [1.165, 1.54) is 6.07 Å². The number of hydrogen-bond acceptors (Lipinski definition) is 3. The van der Waals surface area contributed by atoms with Crippen molar-refractivity contribution in [2.24, 2.45) is 5.73 Å². The van der Waals surface area contributed by atoms with Gasteiger partial charge in [0.1, 0.15) is 11.6 Å². The highest BCUT2D eigenvalue weighted by molar-refractivity contribution is 5.30. The van der Waals surface area contributed by atoms with Crippen LogP contribution in [0.15, 0.2) is 36.9 Å². The maximum absolute atomic E-state index is 13.7. The van der Waals surface area contributed by atoms with Crippen molar-refractivity contribution in [1.82, 2.24) is 9.55 Å². The molecule has 19 heavy (non-hydrogen) atoms. The van der Waals surface area contributed by atoms with Gasteiger partial charge in [-0.2, -0.15) is 0 Å². The van der Waals surface area contributed by atoms with E-state index >= 15 is 0 Å². The Morgan fingerprint density at radius 3 is 2.95 bits per heavy atom. The summed E-state index contributed by atoms with van der Waals surface area (Å²) in [4.78, 5) is 3.96. The minimum Gasteiger partial charge on any atom is -0.493 e. The van der Waals surface area contributed by atoms with Gasteiger partial charge in [0.25, 0.3) is 0 Å². The molecule has 0 aliphatic carbocycles. The molecule has 0 saturated carbocycles. The van der Waals surface area contributed by atoms with Crippen LogP contribution in [0, 0.1) is 5.82 Å². The van der Waals surface area contributed by atoms with E-state index in [0.717, 1.165) is 13.0 Å². The number of aromatic nitrogens is 2. The number of benzene rings is 1. The molecular weight excluding hydrogens is 245 g/mol. The highest BCUT2D eigenvalue weighted by Gasteiger charge is 2.07. The van der Waals surface area contributed by atoms with E-state index < -0.39 is 0 Å². The maximum atomic E-state index is 13.7. The molecule has 0 radical (unpaired) electrons. The van der Waals surface area contributed by atoms with Crippen molar-refractivity contribution in [3.05, 3.63) is 48.3 Å². The molecule has 0 spiro atoms. The zero-order chi connectivity index (χ0) is 13.7. The van der Waals surface area contributed by atoms with Crippen LogP contribution in [0.4, 0.5) is 4.39 Å². The standard InChI is InChI=1S/C14H18FN3O/c1-11(16)13-4-3-12(9-14(13)15)19-8-2-6-18-7-5-17-10-18/h3-5,7,9-11H,2,6,8,16H2,1H3. The van der Waals surface area contributed by atoms with Crippen molar-refractivity contribution in [2.45, 2.75) is 25.9 Å². The van der Waals surface area contributed by atoms with Crippen molar-refractivity contribution in [3.63, 3.8) is 0 Å². The molecule has 5 heteroatoms. The van der Waals surface area contributed by atoms with Gasteiger partial charge in [0.15, 0.2) is 0 Å². The van der Waals surface area contributed by atoms with E-state index in [0.29, 0.717) is 17.9 Å². The summed E-state index contributed by atoms with van der Waals surface area (Å²) in [6.07, 6.45) is 6.24. The quantitative estimate of drug-likeness (QED) is 0.815. The summed E-state index contributed by atoms with van der Waals surface area (Å²) in [6, 6.07) is 4.50. The van der Waals surface area contributed by atoms with Crippen molar-refractivity contribution >= 4 is 0 Å². The number of ether oxygens (including phenoxy) is 1. The molecule has 1 atom stereocenters. The highest BCUT2D eigenvalue weighted by atomic mass is 19.1. The van der Waals surface area contributed by atoms with Crippen LogP contribution in [0.25, 0.3) is 0 Å². The average Bonchev–Trinajstić information content (AvgIpc) is 2.87. The molecule has 0 fully saturated rings. The van der Waals surface area contributed by atoms with Crippen LogP contribution in [0.2, 0.25) is 0 Å². The number of rotatable bonds is 6. The summed E-state index contributed by atoms with van der Waals surface area (Å²) in [5.41, 5.74) is 6.16. The molecule has 0 bridgehead atoms. The van der Waals surface area contributed by atoms with Gasteiger partial charge >= 0.3 is 0 Å². The first kappa shape index (κ1) is 13.5. The van der Waals surface area contributed by atoms with Gasteiger partial charge in [0.2, 0.25) is 0 Å². The van der Waals surface area contributed by atoms with Crippen LogP contribution in [0.3, 0.4) is 0 Å². The molecule has 102 valence electrons. The van der Waals surface area contributed by atoms with Crippen molar-refractivity contribution in [3.8, 4) is 5.75 Å². The topological polar surface area (TPSA) is 53.1 Å². The number of nitrogens with two attached hydrogens (primary N) is 1. The highest BCUT2D eigenvalue weighted by Crippen LogP contribution is 2.20. The van der Waals surface area contributed by atoms with Gasteiger partial charge in [-0.15, -0.1) is 0 Å². The summed E-state index contributed by atoms with van der Waals surface area (Å²) in [5.74, 6) is 0.217. The van der Waals surface area contributed by atoms with Gasteiger partial charge in [0.05, 0.1) is 12.9 Å². The molecule has 1 unspecified atom stereocenters. The minimum atomic E-state index is -0.317. The minimum absolute atomic E-state index is 0.310. The third-order valence-electron chi connectivity index (χ3n) is 2.85. The summed E-state index contributed by atoms with van der Waals surface area (Å²) < 4.78 is 21.1. The summed E-state index contributed by atoms with van der Waals surface area (Å²) in [6.45, 7) is 3.12. The molecule has 1 aromatic heterocycles. The Balaban J connectivity index is 1.81. The normalized spacial score (nSPS) is 12.4. The lowest BCUT2D eigenvalue weighted by atomic mass is 10.1. The van der Waals surface area contributed by atoms with Gasteiger partial charge in [-0.3, -0.25) is 0 Å². The summed E-state index contributed by atoms with van der Waals surface area (Å²) in [7, 11) is 0. The van der Waals surface area contributed by atoms with E-state index in [2.05, 4.69) is 4.98 Å². The zero-order valence-corrected chi connectivity index (χ0v) is 10.9. The molecule has 1 aromatic carbocycles. The van der Waals surface area contributed by atoms with Gasteiger partial charge in [-0.1, -0.05) is 6.07 Å². The smallest absolute Gasteiger partial charge is 0.131 e. The van der Waals surface area contributed by atoms with Crippen molar-refractivity contribution in [2.75, 3.05) is 6.61 Å². The lowest BCUT2D eigenvalue weighted by Gasteiger charge is -2.10. The lowest BCUT2D eigenvalue weighted by molar-refractivity contribution is 0.300. The molecule has 1 heterocycles. The third-order valence-corrected chi connectivity index (χ3v) is 2.85. The first-order valence-electron chi connectivity index (χ1n) is 6.30. The van der Waals surface area contributed by atoms with E-state index in [1.807, 2.05) is 10.8 Å². The Bertz CT molecular complexity index is 511. The SMILES string of the molecule is CC(N)c1ccc(OCCCn2ccnc2)cc1F. The molecule has 0 aliphatic heterocycles. The molecule has 2 N–H and O–H groups in total. The molecular formula is C14H18FN3O. The van der Waals surface area contributed by atoms with Crippen LogP contribution in [0.5, 0.6) is 5.75 Å². The third kappa shape index (κ3) is 3.79. The van der Waals surface area contributed by atoms with Crippen molar-refractivity contribution < 1.29 is 9.13 Å². The van der Waals surface area contributed by atoms with Gasteiger partial charge in [-0.05, 0) is 19.4 Å². The van der Waals surface area contributed by atoms with E-state index in [9.17, 15) is 4.39 Å².